The molecule has 0 saturated carbocycles. The van der Waals surface area contributed by atoms with Crippen LogP contribution in [0.3, 0.4) is 0 Å². The smallest absolute Gasteiger partial charge is 0.271 e. The average Bonchev–Trinajstić information content (AvgIpc) is 2.97. The topological polar surface area (TPSA) is 77.2 Å². The van der Waals surface area contributed by atoms with Crippen LogP contribution in [-0.2, 0) is 6.42 Å². The van der Waals surface area contributed by atoms with E-state index >= 15 is 0 Å². The highest BCUT2D eigenvalue weighted by atomic mass is 35.5. The number of rotatable bonds is 4. The number of hydrogen-bond donors (Lipinski definition) is 2. The standard InChI is InChI=1S/C15H17N3O2S.ClH/c16-7-5-14-17-12(9-21-14)15(19)18-11-6-8-20-13-4-2-1-3-10(11)13;/h1-4,9,11H,5-8,16H2,(H,18,19);1H. The van der Waals surface area contributed by atoms with Crippen molar-refractivity contribution in [3.05, 3.63) is 45.9 Å². The van der Waals surface area contributed by atoms with Gasteiger partial charge in [0.25, 0.3) is 5.91 Å². The SMILES string of the molecule is Cl.NCCc1nc(C(=O)NC2CCOc3ccccc32)cs1. The van der Waals surface area contributed by atoms with Crippen molar-refractivity contribution in [2.24, 2.45) is 5.73 Å². The highest BCUT2D eigenvalue weighted by Crippen LogP contribution is 2.31. The Hall–Kier alpha value is -1.63. The van der Waals surface area contributed by atoms with Crippen LogP contribution in [0.4, 0.5) is 0 Å². The van der Waals surface area contributed by atoms with E-state index in [2.05, 4.69) is 10.3 Å². The van der Waals surface area contributed by atoms with Crippen molar-refractivity contribution in [2.75, 3.05) is 13.2 Å². The Balaban J connectivity index is 0.00000176. The predicted octanol–water partition coefficient (Wildman–Crippen LogP) is 2.32. The van der Waals surface area contributed by atoms with Crippen LogP contribution in [0.5, 0.6) is 5.75 Å². The minimum atomic E-state index is -0.142. The molecule has 1 atom stereocenters. The Morgan fingerprint density at radius 2 is 2.27 bits per heavy atom. The normalized spacial score (nSPS) is 16.1. The number of carbonyl (C=O) groups excluding carboxylic acids is 1. The molecule has 118 valence electrons. The zero-order valence-corrected chi connectivity index (χ0v) is 13.6. The summed E-state index contributed by atoms with van der Waals surface area (Å²) in [6.07, 6.45) is 1.47. The number of benzene rings is 1. The Labute approximate surface area is 139 Å². The van der Waals surface area contributed by atoms with Crippen LogP contribution in [0.15, 0.2) is 29.6 Å². The number of aromatic nitrogens is 1. The quantitative estimate of drug-likeness (QED) is 0.896. The van der Waals surface area contributed by atoms with E-state index in [0.29, 0.717) is 25.3 Å². The average molecular weight is 340 g/mol. The van der Waals surface area contributed by atoms with Gasteiger partial charge in [0, 0.05) is 23.8 Å². The monoisotopic (exact) mass is 339 g/mol. The summed E-state index contributed by atoms with van der Waals surface area (Å²) in [7, 11) is 0. The van der Waals surface area contributed by atoms with Crippen LogP contribution in [0.2, 0.25) is 0 Å². The molecular formula is C15H18ClN3O2S. The van der Waals surface area contributed by atoms with Crippen LogP contribution in [0.25, 0.3) is 0 Å². The lowest BCUT2D eigenvalue weighted by atomic mass is 10.0. The number of ether oxygens (including phenoxy) is 1. The molecule has 1 amide bonds. The van der Waals surface area contributed by atoms with Gasteiger partial charge in [-0.15, -0.1) is 23.7 Å². The highest BCUT2D eigenvalue weighted by molar-refractivity contribution is 7.09. The minimum Gasteiger partial charge on any atom is -0.493 e. The predicted molar refractivity (Wildman–Crippen MR) is 88.9 cm³/mol. The van der Waals surface area contributed by atoms with Crippen molar-refractivity contribution in [1.29, 1.82) is 0 Å². The van der Waals surface area contributed by atoms with Gasteiger partial charge in [0.1, 0.15) is 11.4 Å². The molecule has 1 aliphatic rings. The van der Waals surface area contributed by atoms with Gasteiger partial charge >= 0.3 is 0 Å². The highest BCUT2D eigenvalue weighted by Gasteiger charge is 2.23. The first kappa shape index (κ1) is 16.7. The van der Waals surface area contributed by atoms with Crippen molar-refractivity contribution >= 4 is 29.7 Å². The molecule has 1 aromatic carbocycles. The maximum Gasteiger partial charge on any atom is 0.271 e. The summed E-state index contributed by atoms with van der Waals surface area (Å²) in [5, 5.41) is 5.72. The van der Waals surface area contributed by atoms with E-state index in [1.54, 1.807) is 5.38 Å². The lowest BCUT2D eigenvalue weighted by Crippen LogP contribution is -2.32. The van der Waals surface area contributed by atoms with Gasteiger partial charge in [-0.05, 0) is 12.6 Å². The number of amides is 1. The molecule has 2 heterocycles. The van der Waals surface area contributed by atoms with E-state index in [1.165, 1.54) is 11.3 Å². The number of halogens is 1. The first-order valence-electron chi connectivity index (χ1n) is 6.95. The van der Waals surface area contributed by atoms with Crippen molar-refractivity contribution in [3.63, 3.8) is 0 Å². The van der Waals surface area contributed by atoms with E-state index in [0.717, 1.165) is 22.7 Å². The van der Waals surface area contributed by atoms with Crippen molar-refractivity contribution < 1.29 is 9.53 Å². The summed E-state index contributed by atoms with van der Waals surface area (Å²) >= 11 is 1.47. The molecule has 3 rings (SSSR count). The van der Waals surface area contributed by atoms with Gasteiger partial charge in [-0.1, -0.05) is 18.2 Å². The maximum absolute atomic E-state index is 12.3. The number of thiazole rings is 1. The fraction of sp³-hybridized carbons (Fsp3) is 0.333. The lowest BCUT2D eigenvalue weighted by molar-refractivity contribution is 0.0920. The first-order chi connectivity index (χ1) is 10.3. The summed E-state index contributed by atoms with van der Waals surface area (Å²) < 4.78 is 5.60. The van der Waals surface area contributed by atoms with Crippen molar-refractivity contribution in [3.8, 4) is 5.75 Å². The van der Waals surface area contributed by atoms with Gasteiger partial charge < -0.3 is 15.8 Å². The lowest BCUT2D eigenvalue weighted by Gasteiger charge is -2.26. The van der Waals surface area contributed by atoms with E-state index in [4.69, 9.17) is 10.5 Å². The number of nitrogens with zero attached hydrogens (tertiary/aromatic N) is 1. The largest absolute Gasteiger partial charge is 0.493 e. The molecule has 3 N–H and O–H groups in total. The number of para-hydroxylation sites is 1. The number of hydrogen-bond acceptors (Lipinski definition) is 5. The van der Waals surface area contributed by atoms with Gasteiger partial charge in [-0.2, -0.15) is 0 Å². The summed E-state index contributed by atoms with van der Waals surface area (Å²) in [6.45, 7) is 1.15. The summed E-state index contributed by atoms with van der Waals surface area (Å²) in [5.41, 5.74) is 6.99. The second-order valence-corrected chi connectivity index (χ2v) is 5.81. The Morgan fingerprint density at radius 3 is 3.09 bits per heavy atom. The maximum atomic E-state index is 12.3. The number of fused-ring (bicyclic) bond motifs is 1. The van der Waals surface area contributed by atoms with Gasteiger partial charge in [0.05, 0.1) is 17.7 Å². The van der Waals surface area contributed by atoms with Crippen LogP contribution in [0, 0.1) is 0 Å². The fourth-order valence-electron chi connectivity index (χ4n) is 2.38. The number of carbonyl (C=O) groups is 1. The minimum absolute atomic E-state index is 0. The van der Waals surface area contributed by atoms with Crippen molar-refractivity contribution in [1.82, 2.24) is 10.3 Å². The molecule has 22 heavy (non-hydrogen) atoms. The molecule has 0 bridgehead atoms. The van der Waals surface area contributed by atoms with E-state index in [-0.39, 0.29) is 24.4 Å². The molecule has 1 aromatic heterocycles. The molecule has 1 unspecified atom stereocenters. The van der Waals surface area contributed by atoms with Gasteiger partial charge in [-0.3, -0.25) is 4.79 Å². The third-order valence-electron chi connectivity index (χ3n) is 3.41. The first-order valence-corrected chi connectivity index (χ1v) is 7.83. The molecule has 5 nitrogen and oxygen atoms in total. The second kappa shape index (κ2) is 7.58. The van der Waals surface area contributed by atoms with Crippen LogP contribution >= 0.6 is 23.7 Å². The molecule has 0 saturated heterocycles. The van der Waals surface area contributed by atoms with Gasteiger partial charge in [0.15, 0.2) is 0 Å². The molecule has 1 aliphatic heterocycles. The summed E-state index contributed by atoms with van der Waals surface area (Å²) in [6, 6.07) is 7.77. The number of nitrogens with two attached hydrogens (primary N) is 1. The summed E-state index contributed by atoms with van der Waals surface area (Å²) in [5.74, 6) is 0.701. The molecule has 0 spiro atoms. The van der Waals surface area contributed by atoms with E-state index in [1.807, 2.05) is 24.3 Å². The molecule has 0 aliphatic carbocycles. The van der Waals surface area contributed by atoms with E-state index < -0.39 is 0 Å². The van der Waals surface area contributed by atoms with Gasteiger partial charge in [-0.25, -0.2) is 4.98 Å². The summed E-state index contributed by atoms with van der Waals surface area (Å²) in [4.78, 5) is 16.6. The third-order valence-corrected chi connectivity index (χ3v) is 4.32. The van der Waals surface area contributed by atoms with E-state index in [9.17, 15) is 4.79 Å². The zero-order valence-electron chi connectivity index (χ0n) is 12.0. The van der Waals surface area contributed by atoms with Crippen LogP contribution in [-0.4, -0.2) is 24.0 Å². The molecule has 7 heteroatoms. The Kier molecular flexibility index (Phi) is 5.76. The molecular weight excluding hydrogens is 322 g/mol. The Bertz CT molecular complexity index is 647. The Morgan fingerprint density at radius 1 is 1.45 bits per heavy atom. The zero-order chi connectivity index (χ0) is 14.7. The fourth-order valence-corrected chi connectivity index (χ4v) is 3.17. The second-order valence-electron chi connectivity index (χ2n) is 4.87. The third kappa shape index (κ3) is 3.58. The van der Waals surface area contributed by atoms with Gasteiger partial charge in [0.2, 0.25) is 0 Å². The van der Waals surface area contributed by atoms with Crippen LogP contribution < -0.4 is 15.8 Å². The molecule has 0 fully saturated rings. The number of nitrogens with one attached hydrogen (secondary N) is 1. The van der Waals surface area contributed by atoms with Crippen LogP contribution in [0.1, 0.15) is 33.5 Å². The molecule has 2 aromatic rings. The van der Waals surface area contributed by atoms with Crippen molar-refractivity contribution in [2.45, 2.75) is 18.9 Å². The molecule has 0 radical (unpaired) electrons.